The summed E-state index contributed by atoms with van der Waals surface area (Å²) in [5.74, 6) is 1.98. The van der Waals surface area contributed by atoms with Gasteiger partial charge in [0.2, 0.25) is 5.91 Å². The number of nitrogens with zero attached hydrogens (tertiary/aromatic N) is 5. The number of thiophene rings is 1. The number of carbonyl (C=O) groups excluding carboxylic acids is 1. The highest BCUT2D eigenvalue weighted by atomic mass is 32.1. The van der Waals surface area contributed by atoms with E-state index in [4.69, 9.17) is 0 Å². The van der Waals surface area contributed by atoms with Crippen LogP contribution in [0.3, 0.4) is 0 Å². The van der Waals surface area contributed by atoms with Crippen molar-refractivity contribution in [1.82, 2.24) is 19.7 Å². The SMILES string of the molecule is O=C(Nc1ccc(N2CCc3sccc3C2)nc1)C1CCc2nncn2CC1. The second-order valence-corrected chi connectivity index (χ2v) is 8.40. The molecule has 0 bridgehead atoms. The third-order valence-electron chi connectivity index (χ3n) is 5.65. The van der Waals surface area contributed by atoms with Gasteiger partial charge in [0.1, 0.15) is 18.0 Å². The van der Waals surface area contributed by atoms with Crippen molar-refractivity contribution >= 4 is 28.7 Å². The number of anilines is 2. The van der Waals surface area contributed by atoms with E-state index in [0.717, 1.165) is 62.6 Å². The molecule has 2 aliphatic heterocycles. The van der Waals surface area contributed by atoms with E-state index < -0.39 is 0 Å². The van der Waals surface area contributed by atoms with Gasteiger partial charge in [-0.3, -0.25) is 4.79 Å². The zero-order valence-corrected chi connectivity index (χ0v) is 16.4. The fourth-order valence-electron chi connectivity index (χ4n) is 4.00. The predicted molar refractivity (Wildman–Crippen MR) is 108 cm³/mol. The third kappa shape index (κ3) is 3.40. The highest BCUT2D eigenvalue weighted by molar-refractivity contribution is 7.10. The van der Waals surface area contributed by atoms with Crippen LogP contribution in [0.5, 0.6) is 0 Å². The van der Waals surface area contributed by atoms with Crippen molar-refractivity contribution in [1.29, 1.82) is 0 Å². The lowest BCUT2D eigenvalue weighted by Gasteiger charge is -2.28. The van der Waals surface area contributed by atoms with Crippen LogP contribution in [-0.2, 0) is 30.7 Å². The lowest BCUT2D eigenvalue weighted by molar-refractivity contribution is -0.120. The van der Waals surface area contributed by atoms with Gasteiger partial charge in [0.25, 0.3) is 0 Å². The molecule has 0 fully saturated rings. The zero-order chi connectivity index (χ0) is 18.9. The number of carbonyl (C=O) groups is 1. The van der Waals surface area contributed by atoms with Crippen LogP contribution in [0.15, 0.2) is 36.1 Å². The Bertz CT molecular complexity index is 956. The first kappa shape index (κ1) is 17.4. The Morgan fingerprint density at radius 2 is 2.14 bits per heavy atom. The smallest absolute Gasteiger partial charge is 0.227 e. The maximum absolute atomic E-state index is 12.7. The van der Waals surface area contributed by atoms with Gasteiger partial charge in [-0.15, -0.1) is 21.5 Å². The average molecular weight is 395 g/mol. The molecule has 5 heterocycles. The Morgan fingerprint density at radius 3 is 3.04 bits per heavy atom. The monoisotopic (exact) mass is 394 g/mol. The molecule has 1 N–H and O–H groups in total. The summed E-state index contributed by atoms with van der Waals surface area (Å²) in [5, 5.41) is 13.3. The Labute approximate surface area is 167 Å². The second-order valence-electron chi connectivity index (χ2n) is 7.40. The molecule has 2 aliphatic rings. The van der Waals surface area contributed by atoms with Crippen molar-refractivity contribution in [3.63, 3.8) is 0 Å². The summed E-state index contributed by atoms with van der Waals surface area (Å²) < 4.78 is 2.04. The van der Waals surface area contributed by atoms with Crippen molar-refractivity contribution < 1.29 is 4.79 Å². The van der Waals surface area contributed by atoms with Crippen LogP contribution < -0.4 is 10.2 Å². The minimum atomic E-state index is -0.0134. The van der Waals surface area contributed by atoms with E-state index in [9.17, 15) is 4.79 Å². The number of pyridine rings is 1. The number of hydrogen-bond donors (Lipinski definition) is 1. The summed E-state index contributed by atoms with van der Waals surface area (Å²) in [4.78, 5) is 21.1. The van der Waals surface area contributed by atoms with Crippen molar-refractivity contribution in [2.24, 2.45) is 5.92 Å². The van der Waals surface area contributed by atoms with Crippen molar-refractivity contribution in [2.45, 2.75) is 38.8 Å². The molecular weight excluding hydrogens is 372 g/mol. The molecule has 5 rings (SSSR count). The normalized spacial score (nSPS) is 18.9. The summed E-state index contributed by atoms with van der Waals surface area (Å²) in [5.41, 5.74) is 2.16. The third-order valence-corrected chi connectivity index (χ3v) is 6.67. The number of nitrogens with one attached hydrogen (secondary N) is 1. The summed E-state index contributed by atoms with van der Waals surface area (Å²) >= 11 is 1.84. The van der Waals surface area contributed by atoms with E-state index in [1.165, 1.54) is 10.4 Å². The van der Waals surface area contributed by atoms with Gasteiger partial charge in [0.15, 0.2) is 0 Å². The van der Waals surface area contributed by atoms with Crippen molar-refractivity contribution in [3.05, 3.63) is 52.4 Å². The highest BCUT2D eigenvalue weighted by Crippen LogP contribution is 2.27. The molecule has 7 nitrogen and oxygen atoms in total. The Hall–Kier alpha value is -2.74. The van der Waals surface area contributed by atoms with Crippen molar-refractivity contribution in [3.8, 4) is 0 Å². The number of hydrogen-bond acceptors (Lipinski definition) is 6. The molecule has 0 aliphatic carbocycles. The number of fused-ring (bicyclic) bond motifs is 2. The largest absolute Gasteiger partial charge is 0.352 e. The van der Waals surface area contributed by atoms with Crippen LogP contribution in [-0.4, -0.2) is 32.2 Å². The topological polar surface area (TPSA) is 75.9 Å². The van der Waals surface area contributed by atoms with Gasteiger partial charge >= 0.3 is 0 Å². The molecule has 1 unspecified atom stereocenters. The van der Waals surface area contributed by atoms with E-state index in [2.05, 4.69) is 36.8 Å². The van der Waals surface area contributed by atoms with Gasteiger partial charge in [-0.25, -0.2) is 4.98 Å². The maximum Gasteiger partial charge on any atom is 0.227 e. The van der Waals surface area contributed by atoms with Crippen LogP contribution in [0.2, 0.25) is 0 Å². The molecule has 3 aromatic rings. The summed E-state index contributed by atoms with van der Waals surface area (Å²) in [6.07, 6.45) is 6.97. The molecule has 0 saturated carbocycles. The molecule has 1 atom stereocenters. The van der Waals surface area contributed by atoms with Crippen LogP contribution in [0, 0.1) is 5.92 Å². The maximum atomic E-state index is 12.7. The number of aromatic nitrogens is 4. The van der Waals surface area contributed by atoms with Gasteiger partial charge in [0, 0.05) is 36.9 Å². The minimum Gasteiger partial charge on any atom is -0.352 e. The fraction of sp³-hybridized carbons (Fsp3) is 0.400. The standard InChI is InChI=1S/C20H22N6OS/c27-20(14-1-3-19-24-22-13-26(19)8-5-14)23-16-2-4-18(21-11-16)25-9-6-17-15(12-25)7-10-28-17/h2,4,7,10-11,13-14H,1,3,5-6,8-9,12H2,(H,23,27). The molecule has 8 heteroatoms. The second kappa shape index (κ2) is 7.35. The first-order chi connectivity index (χ1) is 13.8. The molecule has 1 amide bonds. The van der Waals surface area contributed by atoms with E-state index in [-0.39, 0.29) is 11.8 Å². The lowest BCUT2D eigenvalue weighted by Crippen LogP contribution is -2.30. The quantitative estimate of drug-likeness (QED) is 0.739. The fourth-order valence-corrected chi connectivity index (χ4v) is 4.89. The molecule has 0 spiro atoms. The van der Waals surface area contributed by atoms with Crippen LogP contribution in [0.25, 0.3) is 0 Å². The first-order valence-corrected chi connectivity index (χ1v) is 10.6. The minimum absolute atomic E-state index is 0.0134. The Morgan fingerprint density at radius 1 is 1.18 bits per heavy atom. The van der Waals surface area contributed by atoms with E-state index in [1.54, 1.807) is 12.5 Å². The molecule has 144 valence electrons. The van der Waals surface area contributed by atoms with Gasteiger partial charge < -0.3 is 14.8 Å². The van der Waals surface area contributed by atoms with Gasteiger partial charge in [0.05, 0.1) is 11.9 Å². The van der Waals surface area contributed by atoms with Crippen LogP contribution in [0.1, 0.15) is 29.1 Å². The van der Waals surface area contributed by atoms with Gasteiger partial charge in [-0.05, 0) is 48.4 Å². The van der Waals surface area contributed by atoms with Crippen molar-refractivity contribution in [2.75, 3.05) is 16.8 Å². The molecule has 0 radical (unpaired) electrons. The van der Waals surface area contributed by atoms with Crippen LogP contribution in [0.4, 0.5) is 11.5 Å². The predicted octanol–water partition coefficient (Wildman–Crippen LogP) is 2.89. The number of rotatable bonds is 3. The molecule has 28 heavy (non-hydrogen) atoms. The zero-order valence-electron chi connectivity index (χ0n) is 15.5. The van der Waals surface area contributed by atoms with Crippen LogP contribution >= 0.6 is 11.3 Å². The molecular formula is C20H22N6OS. The average Bonchev–Trinajstić information content (AvgIpc) is 3.33. The Balaban J connectivity index is 1.21. The summed E-state index contributed by atoms with van der Waals surface area (Å²) in [6, 6.07) is 6.16. The van der Waals surface area contributed by atoms with E-state index in [1.807, 2.05) is 28.0 Å². The first-order valence-electron chi connectivity index (χ1n) is 9.70. The van der Waals surface area contributed by atoms with Gasteiger partial charge in [-0.1, -0.05) is 0 Å². The Kier molecular flexibility index (Phi) is 4.56. The number of aryl methyl sites for hydroxylation is 2. The highest BCUT2D eigenvalue weighted by Gasteiger charge is 2.23. The number of amides is 1. The summed E-state index contributed by atoms with van der Waals surface area (Å²) in [6.45, 7) is 2.68. The molecule has 0 saturated heterocycles. The molecule has 0 aromatic carbocycles. The van der Waals surface area contributed by atoms with Gasteiger partial charge in [-0.2, -0.15) is 0 Å². The van der Waals surface area contributed by atoms with E-state index >= 15 is 0 Å². The lowest BCUT2D eigenvalue weighted by atomic mass is 9.99. The summed E-state index contributed by atoms with van der Waals surface area (Å²) in [7, 11) is 0. The molecule has 3 aromatic heterocycles. The van der Waals surface area contributed by atoms with E-state index in [0.29, 0.717) is 0 Å².